The lowest BCUT2D eigenvalue weighted by Crippen LogP contribution is -2.29. The number of alkyl halides is 2. The zero-order valence-corrected chi connectivity index (χ0v) is 7.79. The average Bonchev–Trinajstić information content (AvgIpc) is 2.15. The highest BCUT2D eigenvalue weighted by atomic mass is 19.3. The Hall–Kier alpha value is -0.710. The normalized spacial score (nSPS) is 21.1. The van der Waals surface area contributed by atoms with Crippen molar-refractivity contribution in [3.63, 3.8) is 0 Å². The fourth-order valence-electron chi connectivity index (χ4n) is 1.81. The fraction of sp³-hybridized carbons (Fsp3) is 0.889. The van der Waals surface area contributed by atoms with Gasteiger partial charge in [-0.15, -0.1) is 0 Å². The van der Waals surface area contributed by atoms with Crippen LogP contribution < -0.4 is 0 Å². The second kappa shape index (κ2) is 5.24. The number of carbonyl (C=O) groups is 1. The Morgan fingerprint density at radius 1 is 1.43 bits per heavy atom. The first-order valence-corrected chi connectivity index (χ1v) is 4.69. The number of carboxylic acid groups (broad SMARTS) is 1. The Bertz CT molecular complexity index is 190. The minimum atomic E-state index is -2.55. The number of hydrogen-bond acceptors (Lipinski definition) is 2. The van der Waals surface area contributed by atoms with Gasteiger partial charge in [0.15, 0.2) is 0 Å². The van der Waals surface area contributed by atoms with Crippen LogP contribution in [0.4, 0.5) is 8.78 Å². The van der Waals surface area contributed by atoms with Crippen LogP contribution >= 0.6 is 0 Å². The summed E-state index contributed by atoms with van der Waals surface area (Å²) in [6.07, 6.45) is -1.90. The summed E-state index contributed by atoms with van der Waals surface area (Å²) in [5.74, 6) is -2.38. The van der Waals surface area contributed by atoms with Gasteiger partial charge in [0.25, 0.3) is 0 Å². The summed E-state index contributed by atoms with van der Waals surface area (Å²) in [6, 6.07) is 0. The molecule has 3 nitrogen and oxygen atoms in total. The van der Waals surface area contributed by atoms with Gasteiger partial charge >= 0.3 is 5.97 Å². The molecule has 1 heterocycles. The Balaban J connectivity index is 2.51. The summed E-state index contributed by atoms with van der Waals surface area (Å²) >= 11 is 0. The maximum absolute atomic E-state index is 12.5. The van der Waals surface area contributed by atoms with Crippen LogP contribution in [0.25, 0.3) is 0 Å². The maximum atomic E-state index is 12.5. The van der Waals surface area contributed by atoms with Crippen molar-refractivity contribution in [1.82, 2.24) is 0 Å². The van der Waals surface area contributed by atoms with Crippen molar-refractivity contribution in [2.75, 3.05) is 13.2 Å². The van der Waals surface area contributed by atoms with Crippen LogP contribution in [-0.2, 0) is 9.53 Å². The highest BCUT2D eigenvalue weighted by Crippen LogP contribution is 2.30. The van der Waals surface area contributed by atoms with Crippen molar-refractivity contribution in [1.29, 1.82) is 0 Å². The minimum absolute atomic E-state index is 0.208. The van der Waals surface area contributed by atoms with E-state index in [4.69, 9.17) is 9.84 Å². The number of ether oxygens (including phenoxy) is 1. The van der Waals surface area contributed by atoms with Crippen molar-refractivity contribution in [2.45, 2.75) is 25.7 Å². The van der Waals surface area contributed by atoms with E-state index in [2.05, 4.69) is 0 Å². The SMILES string of the molecule is O=C(O)CC(C(F)F)C1CCOCC1. The van der Waals surface area contributed by atoms with E-state index in [1.807, 2.05) is 0 Å². The van der Waals surface area contributed by atoms with Crippen LogP contribution in [0.2, 0.25) is 0 Å². The number of halogens is 2. The third-order valence-corrected chi connectivity index (χ3v) is 2.61. The van der Waals surface area contributed by atoms with Gasteiger partial charge in [-0.25, -0.2) is 8.78 Å². The van der Waals surface area contributed by atoms with E-state index >= 15 is 0 Å². The molecule has 1 aliphatic heterocycles. The van der Waals surface area contributed by atoms with E-state index in [1.54, 1.807) is 0 Å². The Morgan fingerprint density at radius 3 is 2.43 bits per heavy atom. The van der Waals surface area contributed by atoms with Crippen molar-refractivity contribution in [2.24, 2.45) is 11.8 Å². The lowest BCUT2D eigenvalue weighted by Gasteiger charge is -2.28. The summed E-state index contributed by atoms with van der Waals surface area (Å²) in [5.41, 5.74) is 0. The number of carboxylic acids is 1. The number of aliphatic carboxylic acids is 1. The third-order valence-electron chi connectivity index (χ3n) is 2.61. The van der Waals surface area contributed by atoms with Crippen LogP contribution in [0.3, 0.4) is 0 Å². The zero-order chi connectivity index (χ0) is 10.6. The topological polar surface area (TPSA) is 46.5 Å². The van der Waals surface area contributed by atoms with Crippen LogP contribution in [0, 0.1) is 11.8 Å². The van der Waals surface area contributed by atoms with Crippen LogP contribution in [0.1, 0.15) is 19.3 Å². The first-order chi connectivity index (χ1) is 6.61. The van der Waals surface area contributed by atoms with Crippen molar-refractivity contribution in [3.8, 4) is 0 Å². The largest absolute Gasteiger partial charge is 0.481 e. The quantitative estimate of drug-likeness (QED) is 0.765. The van der Waals surface area contributed by atoms with Gasteiger partial charge in [0.1, 0.15) is 0 Å². The lowest BCUT2D eigenvalue weighted by atomic mass is 9.84. The molecule has 1 fully saturated rings. The molecule has 0 aromatic heterocycles. The molecule has 14 heavy (non-hydrogen) atoms. The highest BCUT2D eigenvalue weighted by molar-refractivity contribution is 5.67. The molecule has 82 valence electrons. The van der Waals surface area contributed by atoms with E-state index in [0.29, 0.717) is 26.1 Å². The van der Waals surface area contributed by atoms with Gasteiger partial charge in [0, 0.05) is 19.1 Å². The molecular formula is C9H14F2O3. The second-order valence-corrected chi connectivity index (χ2v) is 3.55. The predicted molar refractivity (Wildman–Crippen MR) is 45.3 cm³/mol. The summed E-state index contributed by atoms with van der Waals surface area (Å²) < 4.78 is 30.1. The number of hydrogen-bond donors (Lipinski definition) is 1. The van der Waals surface area contributed by atoms with Gasteiger partial charge in [-0.1, -0.05) is 0 Å². The van der Waals surface area contributed by atoms with E-state index < -0.39 is 24.7 Å². The number of rotatable bonds is 4. The summed E-state index contributed by atoms with van der Waals surface area (Å²) in [5, 5.41) is 8.50. The molecule has 0 amide bonds. The highest BCUT2D eigenvalue weighted by Gasteiger charge is 2.32. The molecule has 1 atom stereocenters. The summed E-state index contributed by atoms with van der Waals surface area (Å²) in [7, 11) is 0. The van der Waals surface area contributed by atoms with Gasteiger partial charge in [0.05, 0.1) is 6.42 Å². The predicted octanol–water partition coefficient (Wildman–Crippen LogP) is 1.77. The van der Waals surface area contributed by atoms with Gasteiger partial charge in [0.2, 0.25) is 6.43 Å². The molecular weight excluding hydrogens is 194 g/mol. The van der Waals surface area contributed by atoms with Crippen LogP contribution in [0.5, 0.6) is 0 Å². The van der Waals surface area contributed by atoms with E-state index in [1.165, 1.54) is 0 Å². The minimum Gasteiger partial charge on any atom is -0.481 e. The Kier molecular flexibility index (Phi) is 4.25. The fourth-order valence-corrected chi connectivity index (χ4v) is 1.81. The molecule has 0 spiro atoms. The molecule has 0 saturated carbocycles. The molecule has 1 aliphatic rings. The monoisotopic (exact) mass is 208 g/mol. The first kappa shape index (κ1) is 11.4. The van der Waals surface area contributed by atoms with Gasteiger partial charge in [-0.05, 0) is 18.8 Å². The second-order valence-electron chi connectivity index (χ2n) is 3.55. The molecule has 1 N–H and O–H groups in total. The Morgan fingerprint density at radius 2 is 2.00 bits per heavy atom. The van der Waals surface area contributed by atoms with Gasteiger partial charge < -0.3 is 9.84 Å². The molecule has 0 aliphatic carbocycles. The standard InChI is InChI=1S/C9H14F2O3/c10-9(11)7(5-8(12)13)6-1-3-14-4-2-6/h6-7,9H,1-5H2,(H,12,13). The van der Waals surface area contributed by atoms with Crippen molar-refractivity contribution >= 4 is 5.97 Å². The van der Waals surface area contributed by atoms with E-state index in [0.717, 1.165) is 0 Å². The smallest absolute Gasteiger partial charge is 0.303 e. The Labute approximate surface area is 81.1 Å². The summed E-state index contributed by atoms with van der Waals surface area (Å²) in [4.78, 5) is 10.4. The zero-order valence-electron chi connectivity index (χ0n) is 7.79. The molecule has 0 radical (unpaired) electrons. The van der Waals surface area contributed by atoms with Gasteiger partial charge in [-0.2, -0.15) is 0 Å². The maximum Gasteiger partial charge on any atom is 0.303 e. The van der Waals surface area contributed by atoms with Gasteiger partial charge in [-0.3, -0.25) is 4.79 Å². The molecule has 0 aromatic carbocycles. The molecule has 5 heteroatoms. The van der Waals surface area contributed by atoms with Crippen LogP contribution in [0.15, 0.2) is 0 Å². The molecule has 1 unspecified atom stereocenters. The third kappa shape index (κ3) is 3.21. The first-order valence-electron chi connectivity index (χ1n) is 4.69. The molecule has 0 bridgehead atoms. The van der Waals surface area contributed by atoms with Crippen molar-refractivity contribution in [3.05, 3.63) is 0 Å². The van der Waals surface area contributed by atoms with Crippen LogP contribution in [-0.4, -0.2) is 30.7 Å². The van der Waals surface area contributed by atoms with Crippen molar-refractivity contribution < 1.29 is 23.4 Å². The van der Waals surface area contributed by atoms with E-state index in [9.17, 15) is 13.6 Å². The lowest BCUT2D eigenvalue weighted by molar-refractivity contribution is -0.141. The molecule has 1 saturated heterocycles. The van der Waals surface area contributed by atoms with E-state index in [-0.39, 0.29) is 5.92 Å². The average molecular weight is 208 g/mol. The summed E-state index contributed by atoms with van der Waals surface area (Å²) in [6.45, 7) is 0.932. The molecule has 1 rings (SSSR count). The molecule has 0 aromatic rings.